The van der Waals surface area contributed by atoms with Gasteiger partial charge >= 0.3 is 29.6 Å². The van der Waals surface area contributed by atoms with Crippen molar-refractivity contribution >= 4 is 68.2 Å². The number of hydrogen-bond donors (Lipinski definition) is 1. The number of benzene rings is 2. The minimum atomic E-state index is -4.33. The van der Waals surface area contributed by atoms with E-state index in [1.54, 1.807) is 12.1 Å². The first kappa shape index (κ1) is 21.7. The molecule has 1 heterocycles. The molecule has 3 rings (SSSR count). The van der Waals surface area contributed by atoms with Crippen molar-refractivity contribution in [1.29, 1.82) is 0 Å². The van der Waals surface area contributed by atoms with E-state index in [1.807, 2.05) is 0 Å². The molecule has 0 aliphatic carbocycles. The molecule has 0 atom stereocenters. The van der Waals surface area contributed by atoms with Gasteiger partial charge in [-0.15, -0.1) is 0 Å². The van der Waals surface area contributed by atoms with E-state index < -0.39 is 21.7 Å². The fourth-order valence-electron chi connectivity index (χ4n) is 2.53. The molecular weight excluding hydrogens is 403 g/mol. The van der Waals surface area contributed by atoms with Gasteiger partial charge in [-0.25, -0.2) is 0 Å². The Morgan fingerprint density at radius 2 is 1.70 bits per heavy atom. The van der Waals surface area contributed by atoms with Gasteiger partial charge in [0.15, 0.2) is 17.3 Å². The number of nitrogens with zero attached hydrogens (tertiary/aromatic N) is 2. The molecule has 11 heteroatoms. The van der Waals surface area contributed by atoms with Gasteiger partial charge < -0.3 is 9.47 Å². The van der Waals surface area contributed by atoms with E-state index >= 15 is 0 Å². The number of hydrogen-bond acceptors (Lipinski definition) is 8. The molecule has 0 unspecified atom stereocenters. The number of carbonyl (C=O) groups is 1. The molecule has 3 aromatic rings. The fraction of sp³-hybridized carbons (Fsp3) is 0.188. The number of aromatic nitrogens is 2. The zero-order valence-corrected chi connectivity index (χ0v) is 15.4. The van der Waals surface area contributed by atoms with Gasteiger partial charge in [0.25, 0.3) is 10.1 Å². The van der Waals surface area contributed by atoms with Gasteiger partial charge in [-0.3, -0.25) is 9.35 Å². The number of carbonyl (C=O) groups excluding carboxylic acids is 1. The van der Waals surface area contributed by atoms with Crippen molar-refractivity contribution in [2.45, 2.75) is 5.75 Å². The first-order valence-electron chi connectivity index (χ1n) is 7.29. The molecule has 0 saturated carbocycles. The van der Waals surface area contributed by atoms with Crippen LogP contribution in [0.15, 0.2) is 30.3 Å². The Labute approximate surface area is 181 Å². The number of rotatable bonds is 6. The second-order valence-electron chi connectivity index (χ2n) is 5.39. The average Bonchev–Trinajstić information content (AvgIpc) is 3.05. The van der Waals surface area contributed by atoms with Crippen LogP contribution in [0, 0.1) is 0 Å². The first-order valence-corrected chi connectivity index (χ1v) is 9.63. The second-order valence-corrected chi connectivity index (χ2v) is 7.37. The van der Waals surface area contributed by atoms with E-state index in [2.05, 4.69) is 8.75 Å². The van der Waals surface area contributed by atoms with Gasteiger partial charge in [-0.1, -0.05) is 0 Å². The number of methoxy groups -OCH3 is 2. The van der Waals surface area contributed by atoms with E-state index in [0.29, 0.717) is 22.5 Å². The van der Waals surface area contributed by atoms with Crippen molar-refractivity contribution < 1.29 is 27.2 Å². The molecule has 1 N–H and O–H groups in total. The zero-order valence-electron chi connectivity index (χ0n) is 13.8. The SMILES string of the molecule is COc1ccc(C(=O)c2cc3nsnc3cc2CS(=O)(=O)O)cc1OC.[NaH]. The van der Waals surface area contributed by atoms with Crippen LogP contribution >= 0.6 is 11.7 Å². The molecule has 0 amide bonds. The summed E-state index contributed by atoms with van der Waals surface area (Å²) in [7, 11) is -1.41. The van der Waals surface area contributed by atoms with Crippen molar-refractivity contribution in [1.82, 2.24) is 8.75 Å². The summed E-state index contributed by atoms with van der Waals surface area (Å²) >= 11 is 0.947. The quantitative estimate of drug-likeness (QED) is 0.365. The third-order valence-corrected chi connectivity index (χ3v) is 4.94. The van der Waals surface area contributed by atoms with Crippen LogP contribution in [-0.2, 0) is 15.9 Å². The Morgan fingerprint density at radius 3 is 2.30 bits per heavy atom. The van der Waals surface area contributed by atoms with Crippen LogP contribution in [0.3, 0.4) is 0 Å². The molecule has 1 aromatic heterocycles. The fourth-order valence-corrected chi connectivity index (χ4v) is 3.68. The van der Waals surface area contributed by atoms with E-state index in [0.717, 1.165) is 11.7 Å². The Hall–Kier alpha value is -1.56. The third-order valence-electron chi connectivity index (χ3n) is 3.71. The van der Waals surface area contributed by atoms with Crippen LogP contribution in [0.25, 0.3) is 11.0 Å². The molecule has 0 aliphatic heterocycles. The zero-order chi connectivity index (χ0) is 18.9. The summed E-state index contributed by atoms with van der Waals surface area (Å²) in [6.45, 7) is 0. The predicted molar refractivity (Wildman–Crippen MR) is 103 cm³/mol. The summed E-state index contributed by atoms with van der Waals surface area (Å²) < 4.78 is 50.4. The Morgan fingerprint density at radius 1 is 1.07 bits per heavy atom. The molecule has 0 aliphatic rings. The standard InChI is InChI=1S/C16H14N2O6S2.Na.H/c1-23-14-4-3-9(6-15(14)24-2)16(19)11-7-13-12(17-25-18-13)5-10(11)8-26(20,21)22;;/h3-7H,8H2,1-2H3,(H,20,21,22);;. The van der Waals surface area contributed by atoms with Gasteiger partial charge in [0.1, 0.15) is 16.8 Å². The van der Waals surface area contributed by atoms with Gasteiger partial charge in [0.2, 0.25) is 0 Å². The minimum absolute atomic E-state index is 0. The van der Waals surface area contributed by atoms with E-state index in [9.17, 15) is 17.8 Å². The van der Waals surface area contributed by atoms with Crippen LogP contribution in [0.2, 0.25) is 0 Å². The summed E-state index contributed by atoms with van der Waals surface area (Å²) in [5.74, 6) is -0.304. The topological polar surface area (TPSA) is 116 Å². The Balaban J connectivity index is 0.00000261. The number of ketones is 1. The van der Waals surface area contributed by atoms with Crippen molar-refractivity contribution in [3.63, 3.8) is 0 Å². The molecule has 138 valence electrons. The molecule has 0 spiro atoms. The molecule has 27 heavy (non-hydrogen) atoms. The van der Waals surface area contributed by atoms with Crippen molar-refractivity contribution in [3.05, 3.63) is 47.0 Å². The van der Waals surface area contributed by atoms with Crippen molar-refractivity contribution in [2.24, 2.45) is 0 Å². The summed E-state index contributed by atoms with van der Waals surface area (Å²) in [6, 6.07) is 7.54. The maximum absolute atomic E-state index is 13.0. The van der Waals surface area contributed by atoms with Gasteiger partial charge in [-0.2, -0.15) is 17.2 Å². The average molecular weight is 418 g/mol. The first-order chi connectivity index (χ1) is 12.3. The summed E-state index contributed by atoms with van der Waals surface area (Å²) in [5.41, 5.74) is 1.47. The molecule has 0 radical (unpaired) electrons. The second kappa shape index (κ2) is 8.63. The molecular formula is C16H15N2NaO6S2. The van der Waals surface area contributed by atoms with Gasteiger partial charge in [0.05, 0.1) is 25.9 Å². The Bertz CT molecular complexity index is 1100. The van der Waals surface area contributed by atoms with Crippen LogP contribution in [0.5, 0.6) is 11.5 Å². The number of fused-ring (bicyclic) bond motifs is 1. The summed E-state index contributed by atoms with van der Waals surface area (Å²) in [4.78, 5) is 13.0. The van der Waals surface area contributed by atoms with Crippen molar-refractivity contribution in [2.75, 3.05) is 14.2 Å². The summed E-state index contributed by atoms with van der Waals surface area (Å²) in [6.07, 6.45) is 0. The van der Waals surface area contributed by atoms with Crippen LogP contribution in [0.1, 0.15) is 21.5 Å². The Kier molecular flexibility index (Phi) is 6.95. The monoisotopic (exact) mass is 418 g/mol. The molecule has 2 aromatic carbocycles. The molecule has 0 bridgehead atoms. The van der Waals surface area contributed by atoms with E-state index in [-0.39, 0.29) is 46.2 Å². The van der Waals surface area contributed by atoms with E-state index in [1.165, 1.54) is 32.4 Å². The van der Waals surface area contributed by atoms with Crippen LogP contribution < -0.4 is 9.47 Å². The summed E-state index contributed by atoms with van der Waals surface area (Å²) in [5, 5.41) is 0. The van der Waals surface area contributed by atoms with Crippen molar-refractivity contribution in [3.8, 4) is 11.5 Å². The molecule has 8 nitrogen and oxygen atoms in total. The maximum atomic E-state index is 13.0. The molecule has 0 saturated heterocycles. The van der Waals surface area contributed by atoms with E-state index in [4.69, 9.17) is 9.47 Å². The predicted octanol–water partition coefficient (Wildman–Crippen LogP) is 1.68. The van der Waals surface area contributed by atoms with Gasteiger partial charge in [0, 0.05) is 11.1 Å². The third kappa shape index (κ3) is 4.84. The van der Waals surface area contributed by atoms with Crippen LogP contribution in [-0.4, -0.2) is 71.3 Å². The number of ether oxygens (including phenoxy) is 2. The van der Waals surface area contributed by atoms with Crippen LogP contribution in [0.4, 0.5) is 0 Å². The normalized spacial score (nSPS) is 11.1. The molecule has 0 fully saturated rings. The van der Waals surface area contributed by atoms with Gasteiger partial charge in [-0.05, 0) is 35.9 Å².